The van der Waals surface area contributed by atoms with Crippen LogP contribution >= 0.6 is 9.90 Å². The van der Waals surface area contributed by atoms with E-state index in [0.29, 0.717) is 0 Å². The Kier molecular flexibility index (Phi) is 24.6. The Hall–Kier alpha value is 0.998. The van der Waals surface area contributed by atoms with Gasteiger partial charge in [-0.2, -0.15) is 0 Å². The summed E-state index contributed by atoms with van der Waals surface area (Å²) in [5.41, 5.74) is 0. The molecule has 0 aliphatic rings. The van der Waals surface area contributed by atoms with Crippen LogP contribution in [0, 0.1) is 0 Å². The topological polar surface area (TPSA) is 60.7 Å². The summed E-state index contributed by atoms with van der Waals surface area (Å²) < 4.78 is 0. The van der Waals surface area contributed by atoms with Crippen LogP contribution in [0.3, 0.4) is 0 Å². The van der Waals surface area contributed by atoms with E-state index in [1.807, 2.05) is 0 Å². The minimum Gasteiger partial charge on any atom is -0.402 e. The molecule has 0 atom stereocenters. The van der Waals surface area contributed by atoms with E-state index >= 15 is 0 Å². The Labute approximate surface area is 52.3 Å². The summed E-state index contributed by atoms with van der Waals surface area (Å²) >= 11 is 0. The van der Waals surface area contributed by atoms with E-state index in [1.165, 1.54) is 0 Å². The molecule has 0 saturated carbocycles. The van der Waals surface area contributed by atoms with Crippen molar-refractivity contribution in [3.05, 3.63) is 0 Å². The summed E-state index contributed by atoms with van der Waals surface area (Å²) in [6, 6.07) is 0. The Balaban J connectivity index is -0.0000000450. The zero-order valence-electron chi connectivity index (χ0n) is 3.07. The molecule has 0 fully saturated rings. The van der Waals surface area contributed by atoms with Crippen LogP contribution in [0.15, 0.2) is 0 Å². The monoisotopic (exact) mass is 157 g/mol. The van der Waals surface area contributed by atoms with Gasteiger partial charge in [-0.25, -0.2) is 0 Å². The summed E-state index contributed by atoms with van der Waals surface area (Å²) in [7, 11) is -2.17. The van der Waals surface area contributed by atoms with Crippen molar-refractivity contribution >= 4 is 17.2 Å². The second-order valence-corrected chi connectivity index (χ2v) is 0.346. The van der Waals surface area contributed by atoms with Crippen LogP contribution in [-0.2, 0) is 19.5 Å². The number of hydrogen-bond acceptors (Lipinski definition) is 3. The van der Waals surface area contributed by atoms with Gasteiger partial charge in [0.1, 0.15) is 0 Å². The molecular weight excluding hydrogens is 155 g/mol. The summed E-state index contributed by atoms with van der Waals surface area (Å²) in [6.07, 6.45) is 0. The van der Waals surface area contributed by atoms with Crippen LogP contribution in [0.2, 0.25) is 0 Å². The molecule has 26 valence electrons. The fourth-order valence-corrected chi connectivity index (χ4v) is 0. The maximum Gasteiger partial charge on any atom is 3.00 e. The first-order chi connectivity index (χ1) is 1.73. The van der Waals surface area contributed by atoms with E-state index in [-0.39, 0.29) is 29.4 Å². The predicted octanol–water partition coefficient (Wildman–Crippen LogP) is -1.19. The van der Waals surface area contributed by atoms with Crippen molar-refractivity contribution in [3.8, 4) is 0 Å². The largest absolute Gasteiger partial charge is 3.00 e. The molecule has 0 bridgehead atoms. The third kappa shape index (κ3) is 80.2. The molecule has 0 aromatic carbocycles. The van der Waals surface area contributed by atoms with Crippen molar-refractivity contribution in [2.45, 2.75) is 0 Å². The van der Waals surface area contributed by atoms with Gasteiger partial charge in [0, 0.05) is 0 Å². The van der Waals surface area contributed by atoms with Gasteiger partial charge in [0.25, 0.3) is 0 Å². The average molecular weight is 158 g/mol. The smallest absolute Gasteiger partial charge is 0.402 e. The third-order valence-electron chi connectivity index (χ3n) is 0. The van der Waals surface area contributed by atoms with Crippen LogP contribution < -0.4 is 0 Å². The van der Waals surface area contributed by atoms with Crippen LogP contribution in [0.25, 0.3) is 0 Å². The van der Waals surface area contributed by atoms with Gasteiger partial charge in [-0.3, -0.25) is 0 Å². The van der Waals surface area contributed by atoms with Gasteiger partial charge in [-0.05, 0) is 0 Å². The Bertz CT molecular complexity index is 15.5. The second-order valence-electron chi connectivity index (χ2n) is 0.346. The molecule has 0 aromatic heterocycles. The maximum absolute atomic E-state index is 7.17. The van der Waals surface area contributed by atoms with E-state index in [4.69, 9.17) is 15.1 Å². The molecule has 0 aliphatic heterocycles. The molecule has 0 aliphatic carbocycles. The number of rotatable bonds is 0. The molecule has 3 nitrogen and oxygen atoms in total. The predicted molar refractivity (Wildman–Crippen MR) is 19.3 cm³/mol. The van der Waals surface area contributed by atoms with Gasteiger partial charge in [-0.1, -0.05) is 0 Å². The number of hydrogen-bond donors (Lipinski definition) is 3. The van der Waals surface area contributed by atoms with E-state index in [9.17, 15) is 0 Å². The average Bonchev–Trinajstić information content (AvgIpc) is 0.811. The molecule has 0 amide bonds. The van der Waals surface area contributed by atoms with E-state index in [2.05, 4.69) is 0 Å². The Morgan fingerprint density at radius 3 is 1.00 bits per heavy atom. The first kappa shape index (κ1) is 15.8. The van der Waals surface area contributed by atoms with E-state index < -0.39 is 7.32 Å². The van der Waals surface area contributed by atoms with Gasteiger partial charge in [0.05, 0.1) is 0 Å². The summed E-state index contributed by atoms with van der Waals surface area (Å²) in [4.78, 5) is 0. The molecule has 3 N–H and O–H groups in total. The van der Waals surface area contributed by atoms with Crippen molar-refractivity contribution in [1.82, 2.24) is 0 Å². The molecule has 0 unspecified atom stereocenters. The van der Waals surface area contributed by atoms with Crippen molar-refractivity contribution in [2.75, 3.05) is 0 Å². The maximum atomic E-state index is 7.17. The van der Waals surface area contributed by atoms with Crippen molar-refractivity contribution in [2.24, 2.45) is 0 Å². The molecule has 6 heteroatoms. The van der Waals surface area contributed by atoms with Crippen LogP contribution in [0.1, 0.15) is 0 Å². The summed E-state index contributed by atoms with van der Waals surface area (Å²) in [6.45, 7) is 0. The normalized spacial score (nSPS) is 4.50. The van der Waals surface area contributed by atoms with Gasteiger partial charge in [0.2, 0.25) is 0 Å². The Morgan fingerprint density at radius 1 is 1.00 bits per heavy atom. The molecule has 2 radical (unpaired) electrons. The third-order valence-corrected chi connectivity index (χ3v) is 0. The van der Waals surface area contributed by atoms with Crippen LogP contribution in [-0.4, -0.2) is 22.4 Å². The van der Waals surface area contributed by atoms with Crippen LogP contribution in [0.5, 0.6) is 0 Å². The quantitative estimate of drug-likeness (QED) is 0.307. The van der Waals surface area contributed by atoms with E-state index in [0.717, 1.165) is 0 Å². The van der Waals surface area contributed by atoms with Gasteiger partial charge >= 0.3 is 36.7 Å². The zero-order valence-corrected chi connectivity index (χ0v) is 6.93. The summed E-state index contributed by atoms with van der Waals surface area (Å²) in [5, 5.41) is 21.5. The molecular formula is H3BO3PZn+5. The zero-order chi connectivity index (χ0) is 3.58. The molecule has 0 aromatic rings. The van der Waals surface area contributed by atoms with Gasteiger partial charge < -0.3 is 15.1 Å². The minimum absolute atomic E-state index is 0. The standard InChI is InChI=1S/BH3O3.P.Zn/c2-1(3)4;;/h2-4H;;/q;+3;+2. The molecule has 0 heterocycles. The fraction of sp³-hybridized carbons (Fsp3) is 0. The summed E-state index contributed by atoms with van der Waals surface area (Å²) in [5.74, 6) is 0. The first-order valence-electron chi connectivity index (χ1n) is 0.775. The molecule has 0 saturated heterocycles. The fourth-order valence-electron chi connectivity index (χ4n) is 0. The van der Waals surface area contributed by atoms with Crippen LogP contribution in [0.4, 0.5) is 0 Å². The second kappa shape index (κ2) is 9.37. The van der Waals surface area contributed by atoms with Crippen molar-refractivity contribution < 1.29 is 34.6 Å². The Morgan fingerprint density at radius 2 is 1.00 bits per heavy atom. The van der Waals surface area contributed by atoms with Crippen molar-refractivity contribution in [1.29, 1.82) is 0 Å². The first-order valence-corrected chi connectivity index (χ1v) is 0.775. The van der Waals surface area contributed by atoms with E-state index in [1.54, 1.807) is 0 Å². The van der Waals surface area contributed by atoms with Gasteiger partial charge in [0.15, 0.2) is 0 Å². The molecule has 6 heavy (non-hydrogen) atoms. The molecule has 0 spiro atoms. The SMILES string of the molecule is OB(O)O.[P+3].[Zn+2]. The molecule has 0 rings (SSSR count). The van der Waals surface area contributed by atoms with Crippen molar-refractivity contribution in [3.63, 3.8) is 0 Å². The van der Waals surface area contributed by atoms with Gasteiger partial charge in [-0.15, -0.1) is 0 Å². The minimum atomic E-state index is -2.17.